The molecule has 0 saturated heterocycles. The van der Waals surface area contributed by atoms with E-state index in [1.807, 2.05) is 55.4 Å². The van der Waals surface area contributed by atoms with Crippen LogP contribution in [-0.4, -0.2) is 67.3 Å². The van der Waals surface area contributed by atoms with Crippen LogP contribution >= 0.6 is 0 Å². The van der Waals surface area contributed by atoms with Crippen LogP contribution in [0.25, 0.3) is 11.1 Å². The lowest BCUT2D eigenvalue weighted by atomic mass is 9.98. The minimum atomic E-state index is -1.08. The number of carbonyl (C=O) groups excluding carboxylic acids is 2. The average molecular weight is 454 g/mol. The zero-order valence-corrected chi connectivity index (χ0v) is 19.2. The summed E-state index contributed by atoms with van der Waals surface area (Å²) in [4.78, 5) is 37.8. The van der Waals surface area contributed by atoms with Gasteiger partial charge in [-0.15, -0.1) is 0 Å². The van der Waals surface area contributed by atoms with Crippen molar-refractivity contribution in [1.82, 2.24) is 15.5 Å². The number of hydrogen-bond donors (Lipinski definition) is 3. The molecule has 0 spiro atoms. The van der Waals surface area contributed by atoms with Crippen molar-refractivity contribution in [3.8, 4) is 11.1 Å². The average Bonchev–Trinajstić information content (AvgIpc) is 3.08. The Hall–Kier alpha value is -3.39. The Morgan fingerprint density at radius 1 is 1.00 bits per heavy atom. The zero-order chi connectivity index (χ0) is 24.0. The summed E-state index contributed by atoms with van der Waals surface area (Å²) >= 11 is 0. The predicted octanol–water partition coefficient (Wildman–Crippen LogP) is 2.82. The Morgan fingerprint density at radius 3 is 2.12 bits per heavy atom. The standard InChI is InChI=1S/C25H31N3O5/c1-16(14-23(29)27-22(24(30)31)12-13-28(2)3)26-25(32)33-15-21-19-10-6-4-8-17(19)18-9-5-7-11-20(18)21/h4-11,16,21-22H,12-15H2,1-3H3,(H,26,32)(H,27,29)(H,30,31). The van der Waals surface area contributed by atoms with Gasteiger partial charge < -0.3 is 25.4 Å². The number of aliphatic carboxylic acids is 1. The van der Waals surface area contributed by atoms with Crippen LogP contribution in [0.2, 0.25) is 0 Å². The van der Waals surface area contributed by atoms with Crippen molar-refractivity contribution in [3.05, 3.63) is 59.7 Å². The molecule has 176 valence electrons. The molecule has 1 aliphatic carbocycles. The summed E-state index contributed by atoms with van der Waals surface area (Å²) < 4.78 is 5.49. The minimum Gasteiger partial charge on any atom is -0.480 e. The molecule has 3 N–H and O–H groups in total. The Morgan fingerprint density at radius 2 is 1.58 bits per heavy atom. The van der Waals surface area contributed by atoms with Crippen LogP contribution in [0.1, 0.15) is 36.8 Å². The maximum absolute atomic E-state index is 12.4. The molecule has 2 atom stereocenters. The summed E-state index contributed by atoms with van der Waals surface area (Å²) in [6, 6.07) is 14.7. The van der Waals surface area contributed by atoms with Gasteiger partial charge in [0.25, 0.3) is 0 Å². The second-order valence-corrected chi connectivity index (χ2v) is 8.63. The fraction of sp³-hybridized carbons (Fsp3) is 0.400. The van der Waals surface area contributed by atoms with Crippen molar-refractivity contribution in [3.63, 3.8) is 0 Å². The Balaban J connectivity index is 1.50. The second-order valence-electron chi connectivity index (χ2n) is 8.63. The fourth-order valence-corrected chi connectivity index (χ4v) is 4.07. The molecule has 2 aromatic carbocycles. The van der Waals surface area contributed by atoms with Crippen LogP contribution in [0.15, 0.2) is 48.5 Å². The number of alkyl carbamates (subject to hydrolysis) is 1. The van der Waals surface area contributed by atoms with E-state index in [0.717, 1.165) is 22.3 Å². The summed E-state index contributed by atoms with van der Waals surface area (Å²) in [5, 5.41) is 14.5. The van der Waals surface area contributed by atoms with E-state index in [4.69, 9.17) is 4.74 Å². The molecule has 0 radical (unpaired) electrons. The molecule has 0 aliphatic heterocycles. The normalized spacial score (nSPS) is 14.2. The van der Waals surface area contributed by atoms with Crippen LogP contribution in [0, 0.1) is 0 Å². The summed E-state index contributed by atoms with van der Waals surface area (Å²) in [6.45, 7) is 2.39. The number of fused-ring (bicyclic) bond motifs is 3. The Bertz CT molecular complexity index is 962. The van der Waals surface area contributed by atoms with Gasteiger partial charge in [0, 0.05) is 24.9 Å². The maximum Gasteiger partial charge on any atom is 0.407 e. The molecule has 2 unspecified atom stereocenters. The predicted molar refractivity (Wildman–Crippen MR) is 125 cm³/mol. The molecule has 0 fully saturated rings. The highest BCUT2D eigenvalue weighted by Gasteiger charge is 2.29. The quantitative estimate of drug-likeness (QED) is 0.511. The lowest BCUT2D eigenvalue weighted by molar-refractivity contribution is -0.142. The number of nitrogens with zero attached hydrogens (tertiary/aromatic N) is 1. The van der Waals surface area contributed by atoms with Gasteiger partial charge in [-0.3, -0.25) is 4.79 Å². The topological polar surface area (TPSA) is 108 Å². The van der Waals surface area contributed by atoms with Gasteiger partial charge in [0.1, 0.15) is 12.6 Å². The molecular formula is C25H31N3O5. The number of carbonyl (C=O) groups is 3. The molecule has 0 bridgehead atoms. The number of nitrogens with one attached hydrogen (secondary N) is 2. The smallest absolute Gasteiger partial charge is 0.407 e. The maximum atomic E-state index is 12.4. The number of ether oxygens (including phenoxy) is 1. The van der Waals surface area contributed by atoms with Crippen molar-refractivity contribution in [2.75, 3.05) is 27.2 Å². The first-order valence-corrected chi connectivity index (χ1v) is 11.0. The van der Waals surface area contributed by atoms with E-state index in [1.165, 1.54) is 0 Å². The van der Waals surface area contributed by atoms with Crippen LogP contribution in [0.3, 0.4) is 0 Å². The van der Waals surface area contributed by atoms with Gasteiger partial charge in [-0.25, -0.2) is 9.59 Å². The lowest BCUT2D eigenvalue weighted by Gasteiger charge is -2.19. The molecule has 2 amide bonds. The minimum absolute atomic E-state index is 0.0457. The second kappa shape index (κ2) is 11.0. The van der Waals surface area contributed by atoms with Crippen molar-refractivity contribution in [2.45, 2.75) is 37.8 Å². The van der Waals surface area contributed by atoms with Crippen LogP contribution in [-0.2, 0) is 14.3 Å². The summed E-state index contributed by atoms with van der Waals surface area (Å²) in [7, 11) is 3.67. The van der Waals surface area contributed by atoms with E-state index < -0.39 is 30.1 Å². The number of hydrogen-bond acceptors (Lipinski definition) is 5. The molecule has 8 heteroatoms. The van der Waals surface area contributed by atoms with E-state index in [-0.39, 0.29) is 18.9 Å². The molecule has 3 rings (SSSR count). The van der Waals surface area contributed by atoms with Crippen LogP contribution in [0.5, 0.6) is 0 Å². The van der Waals surface area contributed by atoms with Crippen molar-refractivity contribution >= 4 is 18.0 Å². The molecule has 33 heavy (non-hydrogen) atoms. The molecule has 2 aromatic rings. The van der Waals surface area contributed by atoms with Gasteiger partial charge in [0.05, 0.1) is 0 Å². The number of rotatable bonds is 10. The monoisotopic (exact) mass is 453 g/mol. The summed E-state index contributed by atoms with van der Waals surface area (Å²) in [5.74, 6) is -1.57. The number of amides is 2. The Labute approximate surface area is 193 Å². The fourth-order valence-electron chi connectivity index (χ4n) is 4.07. The highest BCUT2D eigenvalue weighted by molar-refractivity contribution is 5.84. The van der Waals surface area contributed by atoms with E-state index in [1.54, 1.807) is 6.92 Å². The van der Waals surface area contributed by atoms with E-state index in [0.29, 0.717) is 13.0 Å². The summed E-state index contributed by atoms with van der Waals surface area (Å²) in [5.41, 5.74) is 4.54. The number of benzene rings is 2. The van der Waals surface area contributed by atoms with Gasteiger partial charge in [-0.1, -0.05) is 48.5 Å². The largest absolute Gasteiger partial charge is 0.480 e. The van der Waals surface area contributed by atoms with E-state index >= 15 is 0 Å². The van der Waals surface area contributed by atoms with Gasteiger partial charge in [0.2, 0.25) is 5.91 Å². The van der Waals surface area contributed by atoms with Crippen molar-refractivity contribution in [2.24, 2.45) is 0 Å². The molecule has 8 nitrogen and oxygen atoms in total. The van der Waals surface area contributed by atoms with E-state index in [2.05, 4.69) is 22.8 Å². The summed E-state index contributed by atoms with van der Waals surface area (Å²) in [6.07, 6.45) is -0.363. The molecule has 0 saturated carbocycles. The van der Waals surface area contributed by atoms with Gasteiger partial charge in [-0.2, -0.15) is 0 Å². The molecule has 0 heterocycles. The molecule has 0 aromatic heterocycles. The van der Waals surface area contributed by atoms with Crippen LogP contribution < -0.4 is 10.6 Å². The van der Waals surface area contributed by atoms with Gasteiger partial charge in [-0.05, 0) is 49.7 Å². The first-order valence-electron chi connectivity index (χ1n) is 11.0. The highest BCUT2D eigenvalue weighted by Crippen LogP contribution is 2.44. The zero-order valence-electron chi connectivity index (χ0n) is 19.2. The molecule has 1 aliphatic rings. The lowest BCUT2D eigenvalue weighted by Crippen LogP contribution is -2.45. The highest BCUT2D eigenvalue weighted by atomic mass is 16.5. The Kier molecular flexibility index (Phi) is 8.06. The van der Waals surface area contributed by atoms with Crippen molar-refractivity contribution in [1.29, 1.82) is 0 Å². The van der Waals surface area contributed by atoms with Gasteiger partial charge >= 0.3 is 12.1 Å². The SMILES string of the molecule is CC(CC(=O)NC(CCN(C)C)C(=O)O)NC(=O)OCC1c2ccccc2-c2ccccc21. The number of carboxylic acids is 1. The first kappa shape index (κ1) is 24.3. The van der Waals surface area contributed by atoms with Crippen molar-refractivity contribution < 1.29 is 24.2 Å². The third kappa shape index (κ3) is 6.32. The molecular weight excluding hydrogens is 422 g/mol. The third-order valence-electron chi connectivity index (χ3n) is 5.70. The third-order valence-corrected chi connectivity index (χ3v) is 5.70. The van der Waals surface area contributed by atoms with Crippen LogP contribution in [0.4, 0.5) is 4.79 Å². The van der Waals surface area contributed by atoms with Gasteiger partial charge in [0.15, 0.2) is 0 Å². The number of carboxylic acid groups (broad SMARTS) is 1. The first-order chi connectivity index (χ1) is 15.8. The van der Waals surface area contributed by atoms with E-state index in [9.17, 15) is 19.5 Å².